The van der Waals surface area contributed by atoms with Crippen molar-refractivity contribution in [2.24, 2.45) is 5.92 Å². The normalized spacial score (nSPS) is 16.5. The second kappa shape index (κ2) is 8.16. The topological polar surface area (TPSA) is 60.5 Å². The number of nitrogens with one attached hydrogen (secondary N) is 2. The van der Waals surface area contributed by atoms with Gasteiger partial charge in [-0.1, -0.05) is 36.8 Å². The van der Waals surface area contributed by atoms with Gasteiger partial charge in [0.1, 0.15) is 0 Å². The zero-order chi connectivity index (χ0) is 20.3. The lowest BCUT2D eigenvalue weighted by molar-refractivity contribution is -0.0248. The lowest BCUT2D eigenvalue weighted by atomic mass is 9.85. The minimum absolute atomic E-state index is 0.125. The number of pyridine rings is 1. The molecular formula is C24H25N5O. The molecule has 2 aromatic carbocycles. The van der Waals surface area contributed by atoms with E-state index in [0.29, 0.717) is 11.3 Å². The molecule has 1 aliphatic carbocycles. The van der Waals surface area contributed by atoms with E-state index in [-0.39, 0.29) is 5.91 Å². The molecule has 6 nitrogen and oxygen atoms in total. The second-order valence-corrected chi connectivity index (χ2v) is 7.94. The molecule has 1 amide bonds. The molecule has 2 aliphatic rings. The SMILES string of the molecule is O=C(Nc1cccnc1)c1ccc(CN2C=CNN2CC2CCC2)c2ccccc12. The molecule has 5 rings (SSSR count). The molecule has 0 spiro atoms. The predicted molar refractivity (Wildman–Crippen MR) is 118 cm³/mol. The Kier molecular flexibility index (Phi) is 5.07. The van der Waals surface area contributed by atoms with Gasteiger partial charge in [-0.3, -0.25) is 14.8 Å². The molecule has 3 aromatic rings. The maximum atomic E-state index is 12.9. The number of amides is 1. The van der Waals surface area contributed by atoms with Crippen LogP contribution in [0, 0.1) is 5.92 Å². The third-order valence-corrected chi connectivity index (χ3v) is 5.95. The quantitative estimate of drug-likeness (QED) is 0.647. The number of fused-ring (bicyclic) bond motifs is 1. The van der Waals surface area contributed by atoms with Crippen LogP contribution in [0.1, 0.15) is 35.2 Å². The van der Waals surface area contributed by atoms with Crippen molar-refractivity contribution >= 4 is 22.4 Å². The van der Waals surface area contributed by atoms with Crippen LogP contribution in [0.25, 0.3) is 10.8 Å². The van der Waals surface area contributed by atoms with Gasteiger partial charge < -0.3 is 10.7 Å². The van der Waals surface area contributed by atoms with E-state index in [9.17, 15) is 4.79 Å². The summed E-state index contributed by atoms with van der Waals surface area (Å²) in [5, 5.41) is 9.41. The summed E-state index contributed by atoms with van der Waals surface area (Å²) >= 11 is 0. The summed E-state index contributed by atoms with van der Waals surface area (Å²) in [5.41, 5.74) is 5.89. The highest BCUT2D eigenvalue weighted by Crippen LogP contribution is 2.29. The fourth-order valence-electron chi connectivity index (χ4n) is 4.08. The van der Waals surface area contributed by atoms with Gasteiger partial charge in [-0.2, -0.15) is 0 Å². The van der Waals surface area contributed by atoms with E-state index < -0.39 is 0 Å². The molecule has 0 atom stereocenters. The maximum absolute atomic E-state index is 12.9. The Morgan fingerprint density at radius 1 is 1.10 bits per heavy atom. The number of hydrazine groups is 2. The first kappa shape index (κ1) is 18.6. The van der Waals surface area contributed by atoms with Crippen LogP contribution in [-0.4, -0.2) is 27.6 Å². The van der Waals surface area contributed by atoms with Crippen LogP contribution in [0.15, 0.2) is 73.3 Å². The van der Waals surface area contributed by atoms with Crippen LogP contribution in [0.3, 0.4) is 0 Å². The molecule has 2 N–H and O–H groups in total. The summed E-state index contributed by atoms with van der Waals surface area (Å²) in [7, 11) is 0. The Morgan fingerprint density at radius 2 is 1.97 bits per heavy atom. The largest absolute Gasteiger partial charge is 0.321 e. The van der Waals surface area contributed by atoms with Crippen molar-refractivity contribution in [2.75, 3.05) is 11.9 Å². The molecule has 1 fully saturated rings. The zero-order valence-corrected chi connectivity index (χ0v) is 16.8. The predicted octanol–water partition coefficient (Wildman–Crippen LogP) is 4.30. The number of hydrogen-bond donors (Lipinski definition) is 2. The van der Waals surface area contributed by atoms with Crippen molar-refractivity contribution in [2.45, 2.75) is 25.8 Å². The van der Waals surface area contributed by atoms with Gasteiger partial charge in [0.2, 0.25) is 0 Å². The highest BCUT2D eigenvalue weighted by molar-refractivity contribution is 6.13. The lowest BCUT2D eigenvalue weighted by Gasteiger charge is -2.35. The fourth-order valence-corrected chi connectivity index (χ4v) is 4.08. The van der Waals surface area contributed by atoms with E-state index in [2.05, 4.69) is 44.2 Å². The summed E-state index contributed by atoms with van der Waals surface area (Å²) in [6.07, 6.45) is 11.4. The molecule has 1 aromatic heterocycles. The summed E-state index contributed by atoms with van der Waals surface area (Å²) in [6, 6.07) is 15.7. The molecule has 152 valence electrons. The van der Waals surface area contributed by atoms with E-state index >= 15 is 0 Å². The number of hydrogen-bond acceptors (Lipinski definition) is 5. The Labute approximate surface area is 176 Å². The molecule has 0 saturated heterocycles. The smallest absolute Gasteiger partial charge is 0.256 e. The van der Waals surface area contributed by atoms with Gasteiger partial charge in [0.15, 0.2) is 0 Å². The Morgan fingerprint density at radius 3 is 2.73 bits per heavy atom. The van der Waals surface area contributed by atoms with Gasteiger partial charge in [0, 0.05) is 30.7 Å². The first-order valence-electron chi connectivity index (χ1n) is 10.5. The number of benzene rings is 2. The summed E-state index contributed by atoms with van der Waals surface area (Å²) in [4.78, 5) is 17.0. The minimum atomic E-state index is -0.125. The molecule has 1 aliphatic heterocycles. The van der Waals surface area contributed by atoms with Gasteiger partial charge in [-0.15, -0.1) is 5.12 Å². The van der Waals surface area contributed by atoms with Crippen molar-refractivity contribution in [3.63, 3.8) is 0 Å². The lowest BCUT2D eigenvalue weighted by Crippen LogP contribution is -2.45. The molecular weight excluding hydrogens is 374 g/mol. The molecule has 2 heterocycles. The van der Waals surface area contributed by atoms with Gasteiger partial charge in [-0.05, 0) is 53.3 Å². The number of anilines is 1. The van der Waals surface area contributed by atoms with Crippen LogP contribution >= 0.6 is 0 Å². The van der Waals surface area contributed by atoms with Crippen molar-refractivity contribution < 1.29 is 4.79 Å². The highest BCUT2D eigenvalue weighted by atomic mass is 16.1. The van der Waals surface area contributed by atoms with E-state index in [1.165, 1.54) is 24.8 Å². The molecule has 0 radical (unpaired) electrons. The van der Waals surface area contributed by atoms with Gasteiger partial charge in [0.25, 0.3) is 5.91 Å². The van der Waals surface area contributed by atoms with Gasteiger partial charge >= 0.3 is 0 Å². The summed E-state index contributed by atoms with van der Waals surface area (Å²) in [5.74, 6) is 0.648. The molecule has 1 saturated carbocycles. The Hall–Kier alpha value is -3.38. The third kappa shape index (κ3) is 3.74. The van der Waals surface area contributed by atoms with Gasteiger partial charge in [-0.25, -0.2) is 0 Å². The van der Waals surface area contributed by atoms with Crippen LogP contribution in [-0.2, 0) is 6.54 Å². The molecule has 0 bridgehead atoms. The van der Waals surface area contributed by atoms with Crippen LogP contribution in [0.4, 0.5) is 5.69 Å². The number of rotatable bonds is 6. The maximum Gasteiger partial charge on any atom is 0.256 e. The first-order chi connectivity index (χ1) is 14.8. The van der Waals surface area contributed by atoms with Crippen molar-refractivity contribution in [1.82, 2.24) is 20.5 Å². The van der Waals surface area contributed by atoms with Crippen molar-refractivity contribution in [3.8, 4) is 0 Å². The van der Waals surface area contributed by atoms with Crippen LogP contribution < -0.4 is 10.7 Å². The average Bonchev–Trinajstić information content (AvgIpc) is 3.18. The van der Waals surface area contributed by atoms with Crippen LogP contribution in [0.5, 0.6) is 0 Å². The van der Waals surface area contributed by atoms with E-state index in [4.69, 9.17) is 0 Å². The van der Waals surface area contributed by atoms with Crippen molar-refractivity contribution in [3.05, 3.63) is 84.5 Å². The second-order valence-electron chi connectivity index (χ2n) is 7.94. The molecule has 30 heavy (non-hydrogen) atoms. The monoisotopic (exact) mass is 399 g/mol. The standard InChI is InChI=1S/C24H25N5O/c30-24(27-20-7-4-12-25-15-20)23-11-10-19(21-8-1-2-9-22(21)23)17-28-14-13-26-29(28)16-18-5-3-6-18/h1-2,4,7-15,18,26H,3,5-6,16-17H2,(H,27,30). The fraction of sp³-hybridized carbons (Fsp3) is 0.250. The summed E-state index contributed by atoms with van der Waals surface area (Å²) in [6.45, 7) is 1.78. The first-order valence-corrected chi connectivity index (χ1v) is 10.5. The van der Waals surface area contributed by atoms with E-state index in [1.54, 1.807) is 12.4 Å². The highest BCUT2D eigenvalue weighted by Gasteiger charge is 2.25. The van der Waals surface area contributed by atoms with Crippen LogP contribution in [0.2, 0.25) is 0 Å². The minimum Gasteiger partial charge on any atom is -0.321 e. The Balaban J connectivity index is 1.39. The van der Waals surface area contributed by atoms with Crippen molar-refractivity contribution in [1.29, 1.82) is 0 Å². The van der Waals surface area contributed by atoms with Gasteiger partial charge in [0.05, 0.1) is 18.4 Å². The number of carbonyl (C=O) groups is 1. The number of nitrogens with zero attached hydrogens (tertiary/aromatic N) is 3. The molecule has 0 unspecified atom stereocenters. The van der Waals surface area contributed by atoms with E-state index in [0.717, 1.165) is 29.8 Å². The summed E-state index contributed by atoms with van der Waals surface area (Å²) < 4.78 is 0. The number of carbonyl (C=O) groups excluding carboxylic acids is 1. The third-order valence-electron chi connectivity index (χ3n) is 5.95. The average molecular weight is 399 g/mol. The molecule has 6 heteroatoms. The number of aromatic nitrogens is 1. The zero-order valence-electron chi connectivity index (χ0n) is 16.8. The Bertz CT molecular complexity index is 1080. The van der Waals surface area contributed by atoms with E-state index in [1.807, 2.05) is 42.6 Å².